The standard InChI is InChI=1S/C16H18FN5O2.ClH/c17-12-4-3-10(15(18)23)8-14(12)20-16(24)13-5-7-22(21-13)11-2-1-6-19-9-11;/h3-5,7-8,11,19H,1-2,6,9H2,(H2,18,23)(H,20,24);1H. The number of nitrogens with one attached hydrogen (secondary N) is 2. The van der Waals surface area contributed by atoms with Crippen molar-refractivity contribution >= 4 is 29.9 Å². The lowest BCUT2D eigenvalue weighted by atomic mass is 10.1. The van der Waals surface area contributed by atoms with Crippen molar-refractivity contribution in [1.82, 2.24) is 15.1 Å². The van der Waals surface area contributed by atoms with Gasteiger partial charge in [0.25, 0.3) is 5.91 Å². The Morgan fingerprint density at radius 3 is 2.84 bits per heavy atom. The van der Waals surface area contributed by atoms with E-state index in [9.17, 15) is 14.0 Å². The van der Waals surface area contributed by atoms with E-state index in [1.807, 2.05) is 0 Å². The molecule has 0 radical (unpaired) electrons. The summed E-state index contributed by atoms with van der Waals surface area (Å²) in [5.41, 5.74) is 5.36. The van der Waals surface area contributed by atoms with Crippen LogP contribution in [0.25, 0.3) is 0 Å². The predicted molar refractivity (Wildman–Crippen MR) is 93.5 cm³/mol. The van der Waals surface area contributed by atoms with E-state index in [0.717, 1.165) is 32.0 Å². The molecule has 4 N–H and O–H groups in total. The zero-order chi connectivity index (χ0) is 17.1. The van der Waals surface area contributed by atoms with Gasteiger partial charge in [-0.3, -0.25) is 14.3 Å². The highest BCUT2D eigenvalue weighted by molar-refractivity contribution is 6.03. The number of hydrogen-bond donors (Lipinski definition) is 3. The lowest BCUT2D eigenvalue weighted by molar-refractivity contribution is 0.0995. The molecule has 1 aromatic heterocycles. The number of halogens is 2. The molecule has 2 aromatic rings. The fourth-order valence-electron chi connectivity index (χ4n) is 2.68. The normalized spacial score (nSPS) is 16.8. The second-order valence-corrected chi connectivity index (χ2v) is 5.69. The second kappa shape index (κ2) is 8.09. The SMILES string of the molecule is Cl.NC(=O)c1ccc(F)c(NC(=O)c2ccn(C3CCCNC3)n2)c1. The monoisotopic (exact) mass is 367 g/mol. The highest BCUT2D eigenvalue weighted by atomic mass is 35.5. The largest absolute Gasteiger partial charge is 0.366 e. The van der Waals surface area contributed by atoms with Crippen molar-refractivity contribution < 1.29 is 14.0 Å². The van der Waals surface area contributed by atoms with Crippen molar-refractivity contribution in [2.24, 2.45) is 5.73 Å². The van der Waals surface area contributed by atoms with Crippen LogP contribution in [0.3, 0.4) is 0 Å². The van der Waals surface area contributed by atoms with Crippen molar-refractivity contribution in [3.8, 4) is 0 Å². The zero-order valence-corrected chi connectivity index (χ0v) is 14.2. The first-order valence-corrected chi connectivity index (χ1v) is 7.71. The Balaban J connectivity index is 0.00000225. The Hall–Kier alpha value is -2.45. The number of rotatable bonds is 4. The summed E-state index contributed by atoms with van der Waals surface area (Å²) < 4.78 is 15.6. The van der Waals surface area contributed by atoms with Crippen LogP contribution in [-0.2, 0) is 0 Å². The van der Waals surface area contributed by atoms with Gasteiger partial charge in [0.1, 0.15) is 5.82 Å². The summed E-state index contributed by atoms with van der Waals surface area (Å²) in [4.78, 5) is 23.4. The number of benzene rings is 1. The number of piperidine rings is 1. The summed E-state index contributed by atoms with van der Waals surface area (Å²) in [6.45, 7) is 1.79. The molecule has 1 aliphatic heterocycles. The summed E-state index contributed by atoms with van der Waals surface area (Å²) in [6.07, 6.45) is 3.78. The number of carbonyl (C=O) groups excluding carboxylic acids is 2. The van der Waals surface area contributed by atoms with Crippen molar-refractivity contribution in [3.05, 3.63) is 47.5 Å². The maximum Gasteiger partial charge on any atom is 0.276 e. The number of aromatic nitrogens is 2. The summed E-state index contributed by atoms with van der Waals surface area (Å²) >= 11 is 0. The Morgan fingerprint density at radius 2 is 2.16 bits per heavy atom. The van der Waals surface area contributed by atoms with Crippen LogP contribution in [0.5, 0.6) is 0 Å². The molecule has 2 amide bonds. The third kappa shape index (κ3) is 4.34. The van der Waals surface area contributed by atoms with Crippen LogP contribution in [0.4, 0.5) is 10.1 Å². The van der Waals surface area contributed by atoms with Crippen LogP contribution in [0, 0.1) is 5.82 Å². The topological polar surface area (TPSA) is 102 Å². The molecule has 1 saturated heterocycles. The number of hydrogen-bond acceptors (Lipinski definition) is 4. The maximum atomic E-state index is 13.8. The predicted octanol–water partition coefficient (Wildman–Crippen LogP) is 1.72. The number of nitrogens with two attached hydrogens (primary N) is 1. The summed E-state index contributed by atoms with van der Waals surface area (Å²) in [6, 6.07) is 5.34. The number of anilines is 1. The van der Waals surface area contributed by atoms with Gasteiger partial charge in [0.15, 0.2) is 5.69 Å². The first kappa shape index (κ1) is 18.9. The van der Waals surface area contributed by atoms with Gasteiger partial charge in [-0.1, -0.05) is 0 Å². The van der Waals surface area contributed by atoms with Gasteiger partial charge >= 0.3 is 0 Å². The molecule has 0 bridgehead atoms. The van der Waals surface area contributed by atoms with Gasteiger partial charge in [0.2, 0.25) is 5.91 Å². The Bertz CT molecular complexity index is 774. The van der Waals surface area contributed by atoms with E-state index in [1.165, 1.54) is 12.1 Å². The summed E-state index contributed by atoms with van der Waals surface area (Å²) in [5.74, 6) is -1.89. The molecule has 2 heterocycles. The van der Waals surface area contributed by atoms with Crippen LogP contribution < -0.4 is 16.4 Å². The highest BCUT2D eigenvalue weighted by Crippen LogP contribution is 2.18. The van der Waals surface area contributed by atoms with E-state index in [4.69, 9.17) is 5.73 Å². The maximum absolute atomic E-state index is 13.8. The number of nitrogens with zero attached hydrogens (tertiary/aromatic N) is 2. The Labute approximate surface area is 150 Å². The third-order valence-corrected chi connectivity index (χ3v) is 3.99. The molecule has 1 fully saturated rings. The molecule has 1 atom stereocenters. The third-order valence-electron chi connectivity index (χ3n) is 3.99. The Morgan fingerprint density at radius 1 is 1.36 bits per heavy atom. The minimum absolute atomic E-state index is 0. The summed E-state index contributed by atoms with van der Waals surface area (Å²) in [5, 5.41) is 9.97. The van der Waals surface area contributed by atoms with E-state index in [1.54, 1.807) is 16.9 Å². The first-order chi connectivity index (χ1) is 11.5. The molecule has 0 spiro atoms. The van der Waals surface area contributed by atoms with Crippen LogP contribution >= 0.6 is 12.4 Å². The van der Waals surface area contributed by atoms with Crippen LogP contribution in [0.2, 0.25) is 0 Å². The van der Waals surface area contributed by atoms with Gasteiger partial charge in [-0.25, -0.2) is 4.39 Å². The zero-order valence-electron chi connectivity index (χ0n) is 13.4. The molecule has 9 heteroatoms. The molecule has 0 saturated carbocycles. The van der Waals surface area contributed by atoms with E-state index >= 15 is 0 Å². The van der Waals surface area contributed by atoms with Crippen LogP contribution in [0.15, 0.2) is 30.5 Å². The quantitative estimate of drug-likeness (QED) is 0.765. The van der Waals surface area contributed by atoms with Crippen molar-refractivity contribution in [2.45, 2.75) is 18.9 Å². The molecule has 1 unspecified atom stereocenters. The highest BCUT2D eigenvalue weighted by Gasteiger charge is 2.18. The summed E-state index contributed by atoms with van der Waals surface area (Å²) in [7, 11) is 0. The average Bonchev–Trinajstić information content (AvgIpc) is 3.07. The van der Waals surface area contributed by atoms with Gasteiger partial charge < -0.3 is 16.4 Å². The van der Waals surface area contributed by atoms with Crippen LogP contribution in [0.1, 0.15) is 39.7 Å². The lowest BCUT2D eigenvalue weighted by Crippen LogP contribution is -2.32. The molecule has 3 rings (SSSR count). The molecular formula is C16H19ClFN5O2. The fourth-order valence-corrected chi connectivity index (χ4v) is 2.68. The number of amides is 2. The van der Waals surface area contributed by atoms with Crippen LogP contribution in [-0.4, -0.2) is 34.7 Å². The second-order valence-electron chi connectivity index (χ2n) is 5.69. The molecule has 0 aliphatic carbocycles. The minimum Gasteiger partial charge on any atom is -0.366 e. The van der Waals surface area contributed by atoms with Gasteiger partial charge in [-0.05, 0) is 43.7 Å². The van der Waals surface area contributed by atoms with Gasteiger partial charge in [-0.15, -0.1) is 12.4 Å². The molecule has 1 aliphatic rings. The molecule has 134 valence electrons. The first-order valence-electron chi connectivity index (χ1n) is 7.71. The van der Waals surface area contributed by atoms with Gasteiger partial charge in [-0.2, -0.15) is 5.10 Å². The van der Waals surface area contributed by atoms with E-state index in [2.05, 4.69) is 15.7 Å². The molecule has 7 nitrogen and oxygen atoms in total. The minimum atomic E-state index is -0.695. The lowest BCUT2D eigenvalue weighted by Gasteiger charge is -2.22. The fraction of sp³-hybridized carbons (Fsp3) is 0.312. The van der Waals surface area contributed by atoms with Gasteiger partial charge in [0.05, 0.1) is 11.7 Å². The average molecular weight is 368 g/mol. The van der Waals surface area contributed by atoms with E-state index in [0.29, 0.717) is 0 Å². The van der Waals surface area contributed by atoms with E-state index in [-0.39, 0.29) is 35.4 Å². The van der Waals surface area contributed by atoms with Gasteiger partial charge in [0, 0.05) is 18.3 Å². The van der Waals surface area contributed by atoms with Crippen molar-refractivity contribution in [1.29, 1.82) is 0 Å². The van der Waals surface area contributed by atoms with E-state index < -0.39 is 17.6 Å². The molecular weight excluding hydrogens is 349 g/mol. The number of primary amides is 1. The molecule has 1 aromatic carbocycles. The van der Waals surface area contributed by atoms with Crippen molar-refractivity contribution in [3.63, 3.8) is 0 Å². The Kier molecular flexibility index (Phi) is 6.11. The van der Waals surface area contributed by atoms with Crippen molar-refractivity contribution in [2.75, 3.05) is 18.4 Å². The number of carbonyl (C=O) groups is 2. The smallest absolute Gasteiger partial charge is 0.276 e. The molecule has 25 heavy (non-hydrogen) atoms.